The van der Waals surface area contributed by atoms with Crippen LogP contribution < -0.4 is 0 Å². The summed E-state index contributed by atoms with van der Waals surface area (Å²) in [5.41, 5.74) is 2.00. The Morgan fingerprint density at radius 1 is 1.33 bits per heavy atom. The monoisotopic (exact) mass is 376 g/mol. The number of rotatable bonds is 13. The average molecular weight is 376 g/mol. The third kappa shape index (κ3) is 7.64. The van der Waals surface area contributed by atoms with E-state index in [0.717, 1.165) is 11.3 Å². The molecule has 1 aromatic carbocycles. The second kappa shape index (κ2) is 11.7. The standard InChI is InChI=1S/C21H29FN2O3/c1-3-11-27-17-21(25)16-23(10-12-26-2)15-20-8-5-9-24(20)14-18-6-4-7-19(22)13-18/h3-9,13,21,25H,1,10-12,14-17H2,2H3/t21-/m0/s1. The number of aromatic nitrogens is 1. The maximum atomic E-state index is 13.4. The molecule has 1 heterocycles. The van der Waals surface area contributed by atoms with Crippen LogP contribution in [0.3, 0.4) is 0 Å². The van der Waals surface area contributed by atoms with Gasteiger partial charge in [-0.1, -0.05) is 18.2 Å². The zero-order valence-electron chi connectivity index (χ0n) is 15.9. The maximum Gasteiger partial charge on any atom is 0.123 e. The van der Waals surface area contributed by atoms with Crippen LogP contribution in [0.25, 0.3) is 0 Å². The molecule has 0 bridgehead atoms. The van der Waals surface area contributed by atoms with Gasteiger partial charge in [-0.05, 0) is 29.8 Å². The predicted molar refractivity (Wildman–Crippen MR) is 104 cm³/mol. The molecule has 0 spiro atoms. The number of methoxy groups -OCH3 is 1. The summed E-state index contributed by atoms with van der Waals surface area (Å²) in [6.45, 7) is 7.29. The molecule has 0 aliphatic heterocycles. The minimum Gasteiger partial charge on any atom is -0.389 e. The Hall–Kier alpha value is -1.99. The van der Waals surface area contributed by atoms with E-state index in [0.29, 0.717) is 39.4 Å². The van der Waals surface area contributed by atoms with Crippen LogP contribution in [0, 0.1) is 5.82 Å². The van der Waals surface area contributed by atoms with Crippen LogP contribution in [-0.4, -0.2) is 60.7 Å². The molecule has 0 radical (unpaired) electrons. The highest BCUT2D eigenvalue weighted by Crippen LogP contribution is 2.12. The van der Waals surface area contributed by atoms with E-state index in [4.69, 9.17) is 9.47 Å². The quantitative estimate of drug-likeness (QED) is 0.431. The molecule has 27 heavy (non-hydrogen) atoms. The fourth-order valence-corrected chi connectivity index (χ4v) is 2.90. The van der Waals surface area contributed by atoms with E-state index in [9.17, 15) is 9.50 Å². The molecule has 1 aromatic heterocycles. The summed E-state index contributed by atoms with van der Waals surface area (Å²) in [6, 6.07) is 10.6. The van der Waals surface area contributed by atoms with Crippen molar-refractivity contribution in [3.8, 4) is 0 Å². The van der Waals surface area contributed by atoms with Crippen LogP contribution in [0.2, 0.25) is 0 Å². The van der Waals surface area contributed by atoms with Gasteiger partial charge in [-0.15, -0.1) is 6.58 Å². The molecule has 2 aromatic rings. The van der Waals surface area contributed by atoms with Crippen molar-refractivity contribution in [3.63, 3.8) is 0 Å². The fourth-order valence-electron chi connectivity index (χ4n) is 2.90. The van der Waals surface area contributed by atoms with E-state index in [-0.39, 0.29) is 12.4 Å². The number of aliphatic hydroxyl groups is 1. The SMILES string of the molecule is C=CCOC[C@@H](O)CN(CCOC)Cc1cccn1Cc1cccc(F)c1. The van der Waals surface area contributed by atoms with Crippen molar-refractivity contribution in [3.05, 3.63) is 72.3 Å². The van der Waals surface area contributed by atoms with Gasteiger partial charge in [0.15, 0.2) is 0 Å². The van der Waals surface area contributed by atoms with Gasteiger partial charge in [0.1, 0.15) is 5.82 Å². The molecule has 0 saturated heterocycles. The normalized spacial score (nSPS) is 12.4. The summed E-state index contributed by atoms with van der Waals surface area (Å²) in [7, 11) is 1.66. The summed E-state index contributed by atoms with van der Waals surface area (Å²) in [4.78, 5) is 2.13. The first-order valence-corrected chi connectivity index (χ1v) is 9.08. The van der Waals surface area contributed by atoms with Crippen LogP contribution in [0.15, 0.2) is 55.3 Å². The van der Waals surface area contributed by atoms with Crippen molar-refractivity contribution < 1.29 is 19.0 Å². The molecule has 148 valence electrons. The number of benzene rings is 1. The van der Waals surface area contributed by atoms with Crippen molar-refractivity contribution in [2.45, 2.75) is 19.2 Å². The Balaban J connectivity index is 1.99. The number of nitrogens with zero attached hydrogens (tertiary/aromatic N) is 2. The fraction of sp³-hybridized carbons (Fsp3) is 0.429. The van der Waals surface area contributed by atoms with Crippen molar-refractivity contribution in [1.82, 2.24) is 9.47 Å². The van der Waals surface area contributed by atoms with Gasteiger partial charge in [0, 0.05) is 45.2 Å². The van der Waals surface area contributed by atoms with Crippen molar-refractivity contribution in [2.75, 3.05) is 40.0 Å². The lowest BCUT2D eigenvalue weighted by molar-refractivity contribution is 0.0189. The number of aliphatic hydroxyl groups excluding tert-OH is 1. The third-order valence-electron chi connectivity index (χ3n) is 4.18. The van der Waals surface area contributed by atoms with Gasteiger partial charge < -0.3 is 19.1 Å². The Morgan fingerprint density at radius 2 is 2.19 bits per heavy atom. The van der Waals surface area contributed by atoms with Crippen LogP contribution in [0.4, 0.5) is 4.39 Å². The molecular weight excluding hydrogens is 347 g/mol. The van der Waals surface area contributed by atoms with Crippen molar-refractivity contribution in [2.24, 2.45) is 0 Å². The smallest absolute Gasteiger partial charge is 0.123 e. The Bertz CT molecular complexity index is 690. The van der Waals surface area contributed by atoms with E-state index < -0.39 is 6.10 Å². The zero-order valence-corrected chi connectivity index (χ0v) is 15.9. The Kier molecular flexibility index (Phi) is 9.21. The molecule has 0 saturated carbocycles. The van der Waals surface area contributed by atoms with Crippen LogP contribution in [0.1, 0.15) is 11.3 Å². The zero-order chi connectivity index (χ0) is 19.5. The van der Waals surface area contributed by atoms with Crippen LogP contribution in [0.5, 0.6) is 0 Å². The topological polar surface area (TPSA) is 46.9 Å². The van der Waals surface area contributed by atoms with Crippen LogP contribution >= 0.6 is 0 Å². The molecular formula is C21H29FN2O3. The van der Waals surface area contributed by atoms with E-state index in [1.165, 1.54) is 6.07 Å². The lowest BCUT2D eigenvalue weighted by Crippen LogP contribution is -2.37. The van der Waals surface area contributed by atoms with Gasteiger partial charge >= 0.3 is 0 Å². The van der Waals surface area contributed by atoms with E-state index in [1.807, 2.05) is 24.4 Å². The first kappa shape index (κ1) is 21.3. The van der Waals surface area contributed by atoms with Gasteiger partial charge in [-0.3, -0.25) is 4.90 Å². The van der Waals surface area contributed by atoms with Gasteiger partial charge in [-0.2, -0.15) is 0 Å². The lowest BCUT2D eigenvalue weighted by atomic mass is 10.2. The summed E-state index contributed by atoms with van der Waals surface area (Å²) >= 11 is 0. The van der Waals surface area contributed by atoms with Crippen molar-refractivity contribution >= 4 is 0 Å². The highest BCUT2D eigenvalue weighted by atomic mass is 19.1. The summed E-state index contributed by atoms with van der Waals surface area (Å²) in [5.74, 6) is -0.231. The largest absolute Gasteiger partial charge is 0.389 e. The van der Waals surface area contributed by atoms with E-state index >= 15 is 0 Å². The molecule has 0 aliphatic carbocycles. The Labute approximate surface area is 160 Å². The minimum absolute atomic E-state index is 0.231. The molecule has 2 rings (SSSR count). The highest BCUT2D eigenvalue weighted by molar-refractivity contribution is 5.18. The van der Waals surface area contributed by atoms with Gasteiger partial charge in [0.2, 0.25) is 0 Å². The number of halogens is 1. The molecule has 0 amide bonds. The van der Waals surface area contributed by atoms with Gasteiger partial charge in [0.05, 0.1) is 25.9 Å². The molecule has 1 atom stereocenters. The molecule has 6 heteroatoms. The predicted octanol–water partition coefficient (Wildman–Crippen LogP) is 2.69. The summed E-state index contributed by atoms with van der Waals surface area (Å²) < 4.78 is 26.1. The molecule has 1 N–H and O–H groups in total. The van der Waals surface area contributed by atoms with Crippen molar-refractivity contribution in [1.29, 1.82) is 0 Å². The first-order chi connectivity index (χ1) is 13.1. The van der Waals surface area contributed by atoms with Gasteiger partial charge in [0.25, 0.3) is 0 Å². The molecule has 0 fully saturated rings. The third-order valence-corrected chi connectivity index (χ3v) is 4.18. The van der Waals surface area contributed by atoms with E-state index in [2.05, 4.69) is 16.0 Å². The minimum atomic E-state index is -0.589. The maximum absolute atomic E-state index is 13.4. The van der Waals surface area contributed by atoms with Crippen LogP contribution in [-0.2, 0) is 22.6 Å². The number of hydrogen-bond acceptors (Lipinski definition) is 4. The second-order valence-electron chi connectivity index (χ2n) is 6.47. The van der Waals surface area contributed by atoms with E-state index in [1.54, 1.807) is 25.3 Å². The Morgan fingerprint density at radius 3 is 2.93 bits per heavy atom. The lowest BCUT2D eigenvalue weighted by Gasteiger charge is -2.25. The molecule has 0 unspecified atom stereocenters. The molecule has 5 nitrogen and oxygen atoms in total. The summed E-state index contributed by atoms with van der Waals surface area (Å²) in [5, 5.41) is 10.2. The van der Waals surface area contributed by atoms with Gasteiger partial charge in [-0.25, -0.2) is 4.39 Å². The molecule has 0 aliphatic rings. The first-order valence-electron chi connectivity index (χ1n) is 9.08. The number of ether oxygens (including phenoxy) is 2. The second-order valence-corrected chi connectivity index (χ2v) is 6.47. The average Bonchev–Trinajstić information content (AvgIpc) is 3.06. The highest BCUT2D eigenvalue weighted by Gasteiger charge is 2.14. The summed E-state index contributed by atoms with van der Waals surface area (Å²) in [6.07, 6.45) is 3.06. The number of hydrogen-bond donors (Lipinski definition) is 1.